The molecule has 6 heteroatoms. The Morgan fingerprint density at radius 2 is 1.79 bits per heavy atom. The van der Waals surface area contributed by atoms with Gasteiger partial charge in [0.1, 0.15) is 5.60 Å². The lowest BCUT2D eigenvalue weighted by Gasteiger charge is -2.27. The Kier molecular flexibility index (Phi) is 7.07. The molecule has 0 unspecified atom stereocenters. The van der Waals surface area contributed by atoms with Gasteiger partial charge in [0.25, 0.3) is 0 Å². The summed E-state index contributed by atoms with van der Waals surface area (Å²) in [5.41, 5.74) is 6.04. The first kappa shape index (κ1) is 19.8. The van der Waals surface area contributed by atoms with Gasteiger partial charge in [-0.05, 0) is 46.6 Å². The van der Waals surface area contributed by atoms with Crippen LogP contribution in [0.25, 0.3) is 0 Å². The first-order valence-electron chi connectivity index (χ1n) is 8.16. The predicted molar refractivity (Wildman–Crippen MR) is 98.1 cm³/mol. The summed E-state index contributed by atoms with van der Waals surface area (Å²) in [6, 6.07) is 10.2. The fraction of sp³-hybridized carbons (Fsp3) is 0.556. The van der Waals surface area contributed by atoms with Gasteiger partial charge in [-0.3, -0.25) is 4.99 Å². The molecule has 1 aromatic rings. The summed E-state index contributed by atoms with van der Waals surface area (Å²) in [6.07, 6.45) is 0.412. The summed E-state index contributed by atoms with van der Waals surface area (Å²) in [7, 11) is 0. The van der Waals surface area contributed by atoms with Crippen LogP contribution in [0.5, 0.6) is 0 Å². The molecule has 6 nitrogen and oxygen atoms in total. The van der Waals surface area contributed by atoms with Crippen molar-refractivity contribution in [3.8, 4) is 0 Å². The Bertz CT molecular complexity index is 548. The molecule has 0 spiro atoms. The highest BCUT2D eigenvalue weighted by atomic mass is 16.6. The third-order valence-corrected chi connectivity index (χ3v) is 3.05. The molecule has 1 aromatic carbocycles. The van der Waals surface area contributed by atoms with E-state index in [2.05, 4.69) is 27.8 Å². The molecule has 0 aliphatic carbocycles. The molecule has 0 aromatic heterocycles. The average molecular weight is 334 g/mol. The van der Waals surface area contributed by atoms with Crippen LogP contribution in [0.1, 0.15) is 40.2 Å². The summed E-state index contributed by atoms with van der Waals surface area (Å²) < 4.78 is 5.25. The van der Waals surface area contributed by atoms with Crippen LogP contribution in [0.3, 0.4) is 0 Å². The monoisotopic (exact) mass is 334 g/mol. The van der Waals surface area contributed by atoms with E-state index < -0.39 is 17.2 Å². The van der Waals surface area contributed by atoms with E-state index in [4.69, 9.17) is 10.5 Å². The second-order valence-corrected chi connectivity index (χ2v) is 7.37. The van der Waals surface area contributed by atoms with Crippen molar-refractivity contribution in [1.29, 1.82) is 0 Å². The standard InChI is InChI=1S/C18H30N4O2/c1-17(2,3)24-16(23)22-18(4,5)13-21-15(19)20-12-11-14-9-7-6-8-10-14/h6-10H,11-13H2,1-5H3,(H,22,23)(H3,19,20,21). The number of ether oxygens (including phenoxy) is 1. The van der Waals surface area contributed by atoms with E-state index in [1.165, 1.54) is 5.56 Å². The van der Waals surface area contributed by atoms with Gasteiger partial charge in [0.15, 0.2) is 5.96 Å². The highest BCUT2D eigenvalue weighted by Gasteiger charge is 2.24. The number of nitrogens with two attached hydrogens (primary N) is 1. The summed E-state index contributed by atoms with van der Waals surface area (Å²) in [6.45, 7) is 10.3. The first-order valence-corrected chi connectivity index (χ1v) is 8.16. The second kappa shape index (κ2) is 8.57. The zero-order valence-corrected chi connectivity index (χ0v) is 15.3. The Morgan fingerprint density at radius 1 is 1.17 bits per heavy atom. The molecule has 0 radical (unpaired) electrons. The zero-order chi connectivity index (χ0) is 18.2. The molecule has 0 saturated heterocycles. The van der Waals surface area contributed by atoms with E-state index in [0.29, 0.717) is 19.0 Å². The molecule has 0 aliphatic heterocycles. The Balaban J connectivity index is 2.38. The third kappa shape index (κ3) is 9.02. The highest BCUT2D eigenvalue weighted by Crippen LogP contribution is 2.09. The van der Waals surface area contributed by atoms with Crippen LogP contribution in [0.15, 0.2) is 35.3 Å². The number of nitrogens with one attached hydrogen (secondary N) is 2. The van der Waals surface area contributed by atoms with Crippen LogP contribution in [0.2, 0.25) is 0 Å². The molecule has 1 rings (SSSR count). The van der Waals surface area contributed by atoms with E-state index in [1.807, 2.05) is 52.8 Å². The Hall–Kier alpha value is -2.24. The van der Waals surface area contributed by atoms with Crippen LogP contribution in [-0.4, -0.2) is 36.3 Å². The van der Waals surface area contributed by atoms with Crippen molar-refractivity contribution in [3.63, 3.8) is 0 Å². The molecular formula is C18H30N4O2. The van der Waals surface area contributed by atoms with Crippen molar-refractivity contribution >= 4 is 12.1 Å². The number of nitrogens with zero attached hydrogens (tertiary/aromatic N) is 1. The van der Waals surface area contributed by atoms with E-state index >= 15 is 0 Å². The number of hydrogen-bond donors (Lipinski definition) is 3. The number of amides is 1. The van der Waals surface area contributed by atoms with Crippen molar-refractivity contribution in [3.05, 3.63) is 35.9 Å². The number of rotatable bonds is 6. The van der Waals surface area contributed by atoms with Gasteiger partial charge in [0.05, 0.1) is 12.1 Å². The van der Waals surface area contributed by atoms with E-state index in [1.54, 1.807) is 0 Å². The van der Waals surface area contributed by atoms with Gasteiger partial charge in [-0.15, -0.1) is 0 Å². The maximum Gasteiger partial charge on any atom is 0.408 e. The van der Waals surface area contributed by atoms with Crippen molar-refractivity contribution in [2.24, 2.45) is 10.7 Å². The Labute approximate surface area is 144 Å². The number of hydrogen-bond acceptors (Lipinski definition) is 3. The zero-order valence-electron chi connectivity index (χ0n) is 15.3. The third-order valence-electron chi connectivity index (χ3n) is 3.05. The lowest BCUT2D eigenvalue weighted by atomic mass is 10.1. The molecule has 134 valence electrons. The molecule has 24 heavy (non-hydrogen) atoms. The topological polar surface area (TPSA) is 88.7 Å². The average Bonchev–Trinajstić information content (AvgIpc) is 2.44. The largest absolute Gasteiger partial charge is 0.444 e. The minimum absolute atomic E-state index is 0.358. The van der Waals surface area contributed by atoms with Crippen LogP contribution in [0, 0.1) is 0 Å². The van der Waals surface area contributed by atoms with Crippen molar-refractivity contribution < 1.29 is 9.53 Å². The second-order valence-electron chi connectivity index (χ2n) is 7.37. The highest BCUT2D eigenvalue weighted by molar-refractivity contribution is 5.78. The number of aliphatic imine (C=N–C) groups is 1. The van der Waals surface area contributed by atoms with Gasteiger partial charge in [-0.2, -0.15) is 0 Å². The van der Waals surface area contributed by atoms with Gasteiger partial charge >= 0.3 is 6.09 Å². The predicted octanol–water partition coefficient (Wildman–Crippen LogP) is 2.44. The Morgan fingerprint density at radius 3 is 2.38 bits per heavy atom. The molecule has 0 aliphatic rings. The molecule has 0 atom stereocenters. The number of benzene rings is 1. The van der Waals surface area contributed by atoms with Gasteiger partial charge in [-0.25, -0.2) is 4.79 Å². The van der Waals surface area contributed by atoms with Crippen LogP contribution >= 0.6 is 0 Å². The number of carbonyl (C=O) groups excluding carboxylic acids is 1. The van der Waals surface area contributed by atoms with Crippen molar-refractivity contribution in [1.82, 2.24) is 10.6 Å². The SMILES string of the molecule is CC(C)(CN=C(N)NCCc1ccccc1)NC(=O)OC(C)(C)C. The normalized spacial score (nSPS) is 12.6. The van der Waals surface area contributed by atoms with Gasteiger partial charge in [0.2, 0.25) is 0 Å². The molecule has 0 bridgehead atoms. The van der Waals surface area contributed by atoms with Crippen LogP contribution in [0.4, 0.5) is 4.79 Å². The molecule has 1 amide bonds. The van der Waals surface area contributed by atoms with Gasteiger partial charge in [0, 0.05) is 6.54 Å². The van der Waals surface area contributed by atoms with Gasteiger partial charge in [-0.1, -0.05) is 30.3 Å². The molecular weight excluding hydrogens is 304 g/mol. The van der Waals surface area contributed by atoms with Crippen molar-refractivity contribution in [2.45, 2.75) is 52.2 Å². The quantitative estimate of drug-likeness (QED) is 0.551. The fourth-order valence-electron chi connectivity index (χ4n) is 1.94. The van der Waals surface area contributed by atoms with Crippen molar-refractivity contribution in [2.75, 3.05) is 13.1 Å². The summed E-state index contributed by atoms with van der Waals surface area (Å²) in [5.74, 6) is 0.366. The van der Waals surface area contributed by atoms with E-state index in [0.717, 1.165) is 6.42 Å². The molecule has 0 saturated carbocycles. The fourth-order valence-corrected chi connectivity index (χ4v) is 1.94. The van der Waals surface area contributed by atoms with Gasteiger partial charge < -0.3 is 21.1 Å². The minimum atomic E-state index is -0.548. The summed E-state index contributed by atoms with van der Waals surface area (Å²) in [4.78, 5) is 16.1. The lowest BCUT2D eigenvalue weighted by molar-refractivity contribution is 0.0476. The number of alkyl carbamates (subject to hydrolysis) is 1. The smallest absolute Gasteiger partial charge is 0.408 e. The summed E-state index contributed by atoms with van der Waals surface area (Å²) >= 11 is 0. The lowest BCUT2D eigenvalue weighted by Crippen LogP contribution is -2.48. The van der Waals surface area contributed by atoms with Crippen LogP contribution < -0.4 is 16.4 Å². The minimum Gasteiger partial charge on any atom is -0.444 e. The first-order chi connectivity index (χ1) is 11.1. The summed E-state index contributed by atoms with van der Waals surface area (Å²) in [5, 5.41) is 5.88. The van der Waals surface area contributed by atoms with Crippen LogP contribution in [-0.2, 0) is 11.2 Å². The van der Waals surface area contributed by atoms with E-state index in [-0.39, 0.29) is 0 Å². The molecule has 0 fully saturated rings. The maximum absolute atomic E-state index is 11.8. The molecule has 0 heterocycles. The maximum atomic E-state index is 11.8. The van der Waals surface area contributed by atoms with E-state index in [9.17, 15) is 4.79 Å². The molecule has 4 N–H and O–H groups in total. The number of guanidine groups is 1. The number of carbonyl (C=O) groups is 1.